The summed E-state index contributed by atoms with van der Waals surface area (Å²) in [6.45, 7) is 3.89. The number of carbonyl (C=O) groups is 1. The highest BCUT2D eigenvalue weighted by Gasteiger charge is 2.19. The Hall–Kier alpha value is -2.02. The Morgan fingerprint density at radius 1 is 1.33 bits per heavy atom. The van der Waals surface area contributed by atoms with E-state index in [2.05, 4.69) is 4.98 Å². The fourth-order valence-electron chi connectivity index (χ4n) is 2.22. The molecule has 1 aromatic carbocycles. The van der Waals surface area contributed by atoms with Crippen LogP contribution in [0.15, 0.2) is 29.6 Å². The van der Waals surface area contributed by atoms with Gasteiger partial charge in [0.05, 0.1) is 17.2 Å². The zero-order valence-electron chi connectivity index (χ0n) is 13.7. The molecular formula is C17H20F2N2O2S. The molecule has 0 spiro atoms. The molecule has 1 aromatic heterocycles. The van der Waals surface area contributed by atoms with Crippen LogP contribution in [-0.2, 0) is 6.61 Å². The smallest absolute Gasteiger partial charge is 0.255 e. The van der Waals surface area contributed by atoms with E-state index in [1.54, 1.807) is 35.6 Å². The largest absolute Gasteiger partial charge is 0.487 e. The molecule has 130 valence electrons. The predicted molar refractivity (Wildman–Crippen MR) is 89.8 cm³/mol. The lowest BCUT2D eigenvalue weighted by Gasteiger charge is -2.21. The molecule has 0 bridgehead atoms. The normalized spacial score (nSPS) is 10.9. The predicted octanol–water partition coefficient (Wildman–Crippen LogP) is 4.15. The average Bonchev–Trinajstić information content (AvgIpc) is 2.97. The summed E-state index contributed by atoms with van der Waals surface area (Å²) in [6, 6.07) is 6.52. The number of aromatic nitrogens is 1. The first-order valence-electron chi connectivity index (χ1n) is 7.71. The van der Waals surface area contributed by atoms with Crippen LogP contribution in [0.4, 0.5) is 8.78 Å². The van der Waals surface area contributed by atoms with Gasteiger partial charge in [0.1, 0.15) is 12.4 Å². The molecule has 0 aliphatic rings. The molecule has 0 fully saturated rings. The maximum absolute atomic E-state index is 12.6. The van der Waals surface area contributed by atoms with Crippen LogP contribution < -0.4 is 4.74 Å². The molecule has 4 nitrogen and oxygen atoms in total. The van der Waals surface area contributed by atoms with Crippen molar-refractivity contribution < 1.29 is 18.3 Å². The van der Waals surface area contributed by atoms with Crippen molar-refractivity contribution in [3.63, 3.8) is 0 Å². The van der Waals surface area contributed by atoms with Crippen molar-refractivity contribution in [2.24, 2.45) is 0 Å². The molecule has 7 heteroatoms. The standard InChI is InChI=1S/C17H20F2N2O2S/c1-3-8-21(9-16(18)19)17(22)13-4-6-15(7-5-13)23-10-14-11-24-12(2)20-14/h4-7,11,16H,3,8-10H2,1-2H3. The number of thiazole rings is 1. The maximum atomic E-state index is 12.6. The van der Waals surface area contributed by atoms with Gasteiger partial charge >= 0.3 is 0 Å². The van der Waals surface area contributed by atoms with Gasteiger partial charge in [-0.2, -0.15) is 0 Å². The first kappa shape index (κ1) is 18.3. The van der Waals surface area contributed by atoms with Crippen LogP contribution in [0.2, 0.25) is 0 Å². The van der Waals surface area contributed by atoms with Crippen molar-refractivity contribution in [3.8, 4) is 5.75 Å². The van der Waals surface area contributed by atoms with Crippen LogP contribution in [0, 0.1) is 6.92 Å². The Balaban J connectivity index is 1.97. The Bertz CT molecular complexity index is 659. The molecule has 0 saturated heterocycles. The van der Waals surface area contributed by atoms with Gasteiger partial charge in [-0.25, -0.2) is 13.8 Å². The quantitative estimate of drug-likeness (QED) is 0.715. The summed E-state index contributed by atoms with van der Waals surface area (Å²) < 4.78 is 30.8. The third kappa shape index (κ3) is 5.26. The summed E-state index contributed by atoms with van der Waals surface area (Å²) in [5, 5.41) is 2.91. The van der Waals surface area contributed by atoms with E-state index in [1.807, 2.05) is 19.2 Å². The lowest BCUT2D eigenvalue weighted by atomic mass is 10.2. The van der Waals surface area contributed by atoms with Crippen LogP contribution in [0.1, 0.15) is 34.4 Å². The number of halogens is 2. The van der Waals surface area contributed by atoms with E-state index in [0.29, 0.717) is 30.9 Å². The minimum atomic E-state index is -2.54. The van der Waals surface area contributed by atoms with Crippen LogP contribution in [0.5, 0.6) is 5.75 Å². The lowest BCUT2D eigenvalue weighted by molar-refractivity contribution is 0.0555. The molecule has 0 unspecified atom stereocenters. The van der Waals surface area contributed by atoms with Gasteiger partial charge in [0.25, 0.3) is 12.3 Å². The summed E-state index contributed by atoms with van der Waals surface area (Å²) in [5.41, 5.74) is 1.23. The number of rotatable bonds is 8. The number of amides is 1. The van der Waals surface area contributed by atoms with Crippen molar-refractivity contribution in [3.05, 3.63) is 45.9 Å². The minimum absolute atomic E-state index is 0.310. The molecule has 1 amide bonds. The van der Waals surface area contributed by atoms with Gasteiger partial charge in [-0.05, 0) is 37.6 Å². The number of hydrogen-bond acceptors (Lipinski definition) is 4. The summed E-state index contributed by atoms with van der Waals surface area (Å²) in [6.07, 6.45) is -1.91. The van der Waals surface area contributed by atoms with E-state index >= 15 is 0 Å². The highest BCUT2D eigenvalue weighted by atomic mass is 32.1. The van der Waals surface area contributed by atoms with Crippen molar-refractivity contribution in [1.82, 2.24) is 9.88 Å². The number of benzene rings is 1. The van der Waals surface area contributed by atoms with Crippen LogP contribution in [0.3, 0.4) is 0 Å². The summed E-state index contributed by atoms with van der Waals surface area (Å²) in [5.74, 6) is 0.215. The number of nitrogens with zero attached hydrogens (tertiary/aromatic N) is 2. The molecule has 0 aliphatic heterocycles. The van der Waals surface area contributed by atoms with E-state index in [0.717, 1.165) is 10.7 Å². The van der Waals surface area contributed by atoms with Gasteiger partial charge in [-0.15, -0.1) is 11.3 Å². The number of alkyl halides is 2. The SMILES string of the molecule is CCCN(CC(F)F)C(=O)c1ccc(OCc2csc(C)n2)cc1. The van der Waals surface area contributed by atoms with Crippen molar-refractivity contribution in [2.45, 2.75) is 33.3 Å². The van der Waals surface area contributed by atoms with Crippen LogP contribution in [-0.4, -0.2) is 35.3 Å². The zero-order chi connectivity index (χ0) is 17.5. The maximum Gasteiger partial charge on any atom is 0.255 e. The summed E-state index contributed by atoms with van der Waals surface area (Å²) in [4.78, 5) is 17.8. The minimum Gasteiger partial charge on any atom is -0.487 e. The van der Waals surface area contributed by atoms with Gasteiger partial charge in [0.2, 0.25) is 0 Å². The molecule has 2 rings (SSSR count). The summed E-state index contributed by atoms with van der Waals surface area (Å²) >= 11 is 1.56. The van der Waals surface area contributed by atoms with E-state index in [4.69, 9.17) is 4.74 Å². The number of carbonyl (C=O) groups excluding carboxylic acids is 1. The highest BCUT2D eigenvalue weighted by Crippen LogP contribution is 2.17. The molecule has 24 heavy (non-hydrogen) atoms. The molecule has 0 atom stereocenters. The second kappa shape index (κ2) is 8.73. The topological polar surface area (TPSA) is 42.4 Å². The molecule has 0 N–H and O–H groups in total. The van der Waals surface area contributed by atoms with E-state index < -0.39 is 13.0 Å². The van der Waals surface area contributed by atoms with Crippen molar-refractivity contribution in [1.29, 1.82) is 0 Å². The second-order valence-electron chi connectivity index (χ2n) is 5.31. The fraction of sp³-hybridized carbons (Fsp3) is 0.412. The third-order valence-corrected chi connectivity index (χ3v) is 4.12. The molecule has 1 heterocycles. The van der Waals surface area contributed by atoms with Gasteiger partial charge in [0, 0.05) is 17.5 Å². The Labute approximate surface area is 144 Å². The summed E-state index contributed by atoms with van der Waals surface area (Å²) in [7, 11) is 0. The van der Waals surface area contributed by atoms with Crippen LogP contribution >= 0.6 is 11.3 Å². The van der Waals surface area contributed by atoms with Crippen LogP contribution in [0.25, 0.3) is 0 Å². The fourth-order valence-corrected chi connectivity index (χ4v) is 2.82. The molecule has 2 aromatic rings. The van der Waals surface area contributed by atoms with E-state index in [9.17, 15) is 13.6 Å². The van der Waals surface area contributed by atoms with Gasteiger partial charge in [0.15, 0.2) is 0 Å². The number of ether oxygens (including phenoxy) is 1. The molecule has 0 aliphatic carbocycles. The lowest BCUT2D eigenvalue weighted by Crippen LogP contribution is -2.35. The van der Waals surface area contributed by atoms with E-state index in [1.165, 1.54) is 4.90 Å². The third-order valence-electron chi connectivity index (χ3n) is 3.29. The zero-order valence-corrected chi connectivity index (χ0v) is 14.5. The van der Waals surface area contributed by atoms with Gasteiger partial charge in [-0.3, -0.25) is 4.79 Å². The highest BCUT2D eigenvalue weighted by molar-refractivity contribution is 7.09. The number of hydrogen-bond donors (Lipinski definition) is 0. The first-order chi connectivity index (χ1) is 11.5. The second-order valence-corrected chi connectivity index (χ2v) is 6.38. The molecule has 0 radical (unpaired) electrons. The van der Waals surface area contributed by atoms with E-state index in [-0.39, 0.29) is 5.91 Å². The van der Waals surface area contributed by atoms with Crippen molar-refractivity contribution in [2.75, 3.05) is 13.1 Å². The average molecular weight is 354 g/mol. The van der Waals surface area contributed by atoms with Crippen molar-refractivity contribution >= 4 is 17.2 Å². The van der Waals surface area contributed by atoms with Gasteiger partial charge < -0.3 is 9.64 Å². The Kier molecular flexibility index (Phi) is 6.66. The van der Waals surface area contributed by atoms with Gasteiger partial charge in [-0.1, -0.05) is 6.92 Å². The molecule has 0 saturated carbocycles. The Morgan fingerprint density at radius 3 is 2.58 bits per heavy atom. The molecular weight excluding hydrogens is 334 g/mol. The monoisotopic (exact) mass is 354 g/mol. The Morgan fingerprint density at radius 2 is 2.04 bits per heavy atom. The first-order valence-corrected chi connectivity index (χ1v) is 8.59. The number of aryl methyl sites for hydroxylation is 1.